The number of amides is 2. The number of benzene rings is 3. The Morgan fingerprint density at radius 2 is 1.77 bits per heavy atom. The van der Waals surface area contributed by atoms with Gasteiger partial charge in [-0.05, 0) is 54.4 Å². The zero-order chi connectivity index (χ0) is 22.0. The van der Waals surface area contributed by atoms with Crippen molar-refractivity contribution in [1.29, 1.82) is 0 Å². The van der Waals surface area contributed by atoms with Crippen LogP contribution < -0.4 is 15.5 Å². The zero-order valence-corrected chi connectivity index (χ0v) is 18.1. The number of hydrazine groups is 1. The van der Waals surface area contributed by atoms with Gasteiger partial charge in [0.25, 0.3) is 11.8 Å². The molecule has 1 aliphatic rings. The van der Waals surface area contributed by atoms with Gasteiger partial charge < -0.3 is 10.1 Å². The molecule has 1 unspecified atom stereocenters. The Hall–Kier alpha value is -3.22. The maximum Gasteiger partial charge on any atom is 0.276 e. The standard InChI is InChI=1S/C23H19Cl2N3O3/c1-14-11-16(24)8-10-20(14)31-13-21(29)27-28-22(15-5-3-2-4-6-15)26-19-9-7-17(25)12-18(19)23(28)30/h2-12,22,26H,13H2,1H3,(H,27,29). The average molecular weight is 456 g/mol. The van der Waals surface area contributed by atoms with Crippen molar-refractivity contribution in [2.24, 2.45) is 0 Å². The molecule has 0 aromatic heterocycles. The minimum atomic E-state index is -0.594. The summed E-state index contributed by atoms with van der Waals surface area (Å²) in [7, 11) is 0. The van der Waals surface area contributed by atoms with Crippen LogP contribution in [-0.2, 0) is 4.79 Å². The highest BCUT2D eigenvalue weighted by atomic mass is 35.5. The molecule has 0 spiro atoms. The maximum absolute atomic E-state index is 13.2. The second kappa shape index (κ2) is 8.88. The van der Waals surface area contributed by atoms with E-state index in [1.54, 1.807) is 36.4 Å². The predicted molar refractivity (Wildman–Crippen MR) is 120 cm³/mol. The van der Waals surface area contributed by atoms with Gasteiger partial charge in [-0.2, -0.15) is 0 Å². The summed E-state index contributed by atoms with van der Waals surface area (Å²) in [5, 5.41) is 5.57. The second-order valence-electron chi connectivity index (χ2n) is 7.06. The summed E-state index contributed by atoms with van der Waals surface area (Å²) in [6.07, 6.45) is -0.594. The van der Waals surface area contributed by atoms with Crippen molar-refractivity contribution < 1.29 is 14.3 Å². The molecule has 0 saturated heterocycles. The largest absolute Gasteiger partial charge is 0.483 e. The molecule has 31 heavy (non-hydrogen) atoms. The van der Waals surface area contributed by atoms with Crippen LogP contribution in [0, 0.1) is 6.92 Å². The highest BCUT2D eigenvalue weighted by molar-refractivity contribution is 6.31. The molecule has 8 heteroatoms. The van der Waals surface area contributed by atoms with E-state index in [4.69, 9.17) is 27.9 Å². The van der Waals surface area contributed by atoms with Crippen LogP contribution in [0.2, 0.25) is 10.0 Å². The summed E-state index contributed by atoms with van der Waals surface area (Å²) in [5.41, 5.74) is 5.30. The fourth-order valence-electron chi connectivity index (χ4n) is 3.35. The number of aryl methyl sites for hydroxylation is 1. The van der Waals surface area contributed by atoms with E-state index < -0.39 is 12.1 Å². The van der Waals surface area contributed by atoms with E-state index in [-0.39, 0.29) is 12.5 Å². The average Bonchev–Trinajstić information content (AvgIpc) is 2.76. The minimum absolute atomic E-state index is 0.268. The third-order valence-electron chi connectivity index (χ3n) is 4.84. The molecule has 0 bridgehead atoms. The van der Waals surface area contributed by atoms with Crippen molar-refractivity contribution in [3.8, 4) is 5.75 Å². The molecule has 4 rings (SSSR count). The van der Waals surface area contributed by atoms with Crippen molar-refractivity contribution >= 4 is 40.7 Å². The number of carbonyl (C=O) groups excluding carboxylic acids is 2. The molecule has 1 atom stereocenters. The number of hydrogen-bond acceptors (Lipinski definition) is 4. The van der Waals surface area contributed by atoms with Gasteiger partial charge in [-0.25, -0.2) is 5.01 Å². The van der Waals surface area contributed by atoms with E-state index in [2.05, 4.69) is 10.7 Å². The number of rotatable bonds is 5. The highest BCUT2D eigenvalue weighted by Gasteiger charge is 2.34. The molecular weight excluding hydrogens is 437 g/mol. The molecule has 158 valence electrons. The number of halogens is 2. The maximum atomic E-state index is 13.2. The van der Waals surface area contributed by atoms with E-state index in [1.807, 2.05) is 37.3 Å². The molecule has 0 fully saturated rings. The van der Waals surface area contributed by atoms with Crippen molar-refractivity contribution in [3.63, 3.8) is 0 Å². The smallest absolute Gasteiger partial charge is 0.276 e. The van der Waals surface area contributed by atoms with Crippen LogP contribution in [0.4, 0.5) is 5.69 Å². The number of carbonyl (C=O) groups is 2. The molecule has 1 heterocycles. The van der Waals surface area contributed by atoms with Gasteiger partial charge in [-0.15, -0.1) is 0 Å². The third-order valence-corrected chi connectivity index (χ3v) is 5.31. The molecule has 3 aromatic rings. The van der Waals surface area contributed by atoms with E-state index in [0.29, 0.717) is 27.0 Å². The lowest BCUT2D eigenvalue weighted by molar-refractivity contribution is -0.127. The number of hydrogen-bond donors (Lipinski definition) is 2. The first-order valence-electron chi connectivity index (χ1n) is 9.55. The summed E-state index contributed by atoms with van der Waals surface area (Å²) in [6, 6.07) is 19.5. The SMILES string of the molecule is Cc1cc(Cl)ccc1OCC(=O)NN1C(=O)c2cc(Cl)ccc2NC1c1ccccc1. The zero-order valence-electron chi connectivity index (χ0n) is 16.6. The Kier molecular flexibility index (Phi) is 6.02. The van der Waals surface area contributed by atoms with Gasteiger partial charge in [-0.1, -0.05) is 53.5 Å². The number of anilines is 1. The molecule has 6 nitrogen and oxygen atoms in total. The quantitative estimate of drug-likeness (QED) is 0.568. The molecule has 2 N–H and O–H groups in total. The Balaban J connectivity index is 1.56. The fourth-order valence-corrected chi connectivity index (χ4v) is 3.74. The highest BCUT2D eigenvalue weighted by Crippen LogP contribution is 2.33. The Morgan fingerprint density at radius 1 is 1.06 bits per heavy atom. The van der Waals surface area contributed by atoms with Gasteiger partial charge in [0.15, 0.2) is 6.61 Å². The Morgan fingerprint density at radius 3 is 2.52 bits per heavy atom. The summed E-state index contributed by atoms with van der Waals surface area (Å²) < 4.78 is 5.61. The molecule has 1 aliphatic heterocycles. The van der Waals surface area contributed by atoms with E-state index in [1.165, 1.54) is 5.01 Å². The van der Waals surface area contributed by atoms with E-state index in [0.717, 1.165) is 11.1 Å². The summed E-state index contributed by atoms with van der Waals surface area (Å²) >= 11 is 12.0. The first-order chi connectivity index (χ1) is 14.9. The van der Waals surface area contributed by atoms with Gasteiger partial charge in [0.05, 0.1) is 5.56 Å². The van der Waals surface area contributed by atoms with Gasteiger partial charge in [0.1, 0.15) is 11.9 Å². The van der Waals surface area contributed by atoms with Gasteiger partial charge in [0, 0.05) is 15.7 Å². The molecule has 0 radical (unpaired) electrons. The molecule has 2 amide bonds. The summed E-state index contributed by atoms with van der Waals surface area (Å²) in [4.78, 5) is 25.9. The first kappa shape index (κ1) is 21.0. The second-order valence-corrected chi connectivity index (χ2v) is 7.93. The van der Waals surface area contributed by atoms with Crippen LogP contribution in [-0.4, -0.2) is 23.4 Å². The number of fused-ring (bicyclic) bond motifs is 1. The topological polar surface area (TPSA) is 70.7 Å². The minimum Gasteiger partial charge on any atom is -0.483 e. The lowest BCUT2D eigenvalue weighted by Gasteiger charge is -2.37. The lowest BCUT2D eigenvalue weighted by atomic mass is 10.0. The normalized spacial score (nSPS) is 15.1. The van der Waals surface area contributed by atoms with Crippen molar-refractivity contribution in [2.75, 3.05) is 11.9 Å². The van der Waals surface area contributed by atoms with Crippen molar-refractivity contribution in [3.05, 3.63) is 93.5 Å². The summed E-state index contributed by atoms with van der Waals surface area (Å²) in [6.45, 7) is 1.57. The fraction of sp³-hybridized carbons (Fsp3) is 0.130. The lowest BCUT2D eigenvalue weighted by Crippen LogP contribution is -2.53. The van der Waals surface area contributed by atoms with Crippen LogP contribution in [0.15, 0.2) is 66.7 Å². The molecule has 3 aromatic carbocycles. The van der Waals surface area contributed by atoms with Crippen LogP contribution in [0.1, 0.15) is 27.7 Å². The molecule has 0 saturated carbocycles. The Labute approximate surface area is 189 Å². The van der Waals surface area contributed by atoms with Crippen LogP contribution >= 0.6 is 23.2 Å². The number of ether oxygens (including phenoxy) is 1. The first-order valence-corrected chi connectivity index (χ1v) is 10.3. The molecule has 0 aliphatic carbocycles. The van der Waals surface area contributed by atoms with E-state index >= 15 is 0 Å². The van der Waals surface area contributed by atoms with Crippen LogP contribution in [0.3, 0.4) is 0 Å². The summed E-state index contributed by atoms with van der Waals surface area (Å²) in [5.74, 6) is -0.309. The predicted octanol–water partition coefficient (Wildman–Crippen LogP) is 4.98. The van der Waals surface area contributed by atoms with Crippen LogP contribution in [0.5, 0.6) is 5.75 Å². The van der Waals surface area contributed by atoms with Crippen molar-refractivity contribution in [2.45, 2.75) is 13.1 Å². The monoisotopic (exact) mass is 455 g/mol. The number of nitrogens with one attached hydrogen (secondary N) is 2. The van der Waals surface area contributed by atoms with Crippen molar-refractivity contribution in [1.82, 2.24) is 10.4 Å². The van der Waals surface area contributed by atoms with Gasteiger partial charge >= 0.3 is 0 Å². The van der Waals surface area contributed by atoms with E-state index in [9.17, 15) is 9.59 Å². The third kappa shape index (κ3) is 4.60. The van der Waals surface area contributed by atoms with Crippen LogP contribution in [0.25, 0.3) is 0 Å². The van der Waals surface area contributed by atoms with Gasteiger partial charge in [0.2, 0.25) is 0 Å². The number of nitrogens with zero attached hydrogens (tertiary/aromatic N) is 1. The van der Waals surface area contributed by atoms with Gasteiger partial charge in [-0.3, -0.25) is 15.0 Å². The molecular formula is C23H19Cl2N3O3. The Bertz CT molecular complexity index is 1140.